The molecular formula is C15H20F2N2O. The smallest absolute Gasteiger partial charge is 0.254 e. The molecule has 2 unspecified atom stereocenters. The van der Waals surface area contributed by atoms with E-state index < -0.39 is 17.5 Å². The van der Waals surface area contributed by atoms with E-state index in [4.69, 9.17) is 5.73 Å². The highest BCUT2D eigenvalue weighted by Gasteiger charge is 2.23. The van der Waals surface area contributed by atoms with Gasteiger partial charge in [0.2, 0.25) is 0 Å². The molecule has 1 aromatic carbocycles. The summed E-state index contributed by atoms with van der Waals surface area (Å²) in [6, 6.07) is 1.75. The molecule has 1 amide bonds. The predicted molar refractivity (Wildman–Crippen MR) is 74.2 cm³/mol. The Labute approximate surface area is 117 Å². The van der Waals surface area contributed by atoms with Crippen LogP contribution < -0.4 is 11.1 Å². The number of nitrogens with one attached hydrogen (secondary N) is 1. The molecule has 0 radical (unpaired) electrons. The summed E-state index contributed by atoms with van der Waals surface area (Å²) in [6.07, 6.45) is 4.60. The van der Waals surface area contributed by atoms with E-state index in [1.54, 1.807) is 0 Å². The summed E-state index contributed by atoms with van der Waals surface area (Å²) in [7, 11) is 0. The second-order valence-corrected chi connectivity index (χ2v) is 5.59. The van der Waals surface area contributed by atoms with Gasteiger partial charge in [-0.2, -0.15) is 0 Å². The standard InChI is InChI=1S/C15H20F2N2O/c1-9-4-2-3-5-10(9)8-19-15(20)12-6-11(16)7-13(18)14(12)17/h6-7,9-10H,2-5,8,18H2,1H3,(H,19,20). The van der Waals surface area contributed by atoms with Crippen molar-refractivity contribution < 1.29 is 13.6 Å². The van der Waals surface area contributed by atoms with Crippen LogP contribution in [0.15, 0.2) is 12.1 Å². The highest BCUT2D eigenvalue weighted by atomic mass is 19.1. The van der Waals surface area contributed by atoms with Crippen molar-refractivity contribution in [1.29, 1.82) is 0 Å². The fourth-order valence-electron chi connectivity index (χ4n) is 2.79. The zero-order valence-corrected chi connectivity index (χ0v) is 11.6. The van der Waals surface area contributed by atoms with Crippen molar-refractivity contribution in [3.8, 4) is 0 Å². The van der Waals surface area contributed by atoms with Gasteiger partial charge in [-0.1, -0.05) is 26.2 Å². The number of carbonyl (C=O) groups is 1. The molecule has 1 aliphatic rings. The molecule has 2 rings (SSSR count). The number of hydrogen-bond acceptors (Lipinski definition) is 2. The molecular weight excluding hydrogens is 262 g/mol. The highest BCUT2D eigenvalue weighted by molar-refractivity contribution is 5.95. The molecule has 0 heterocycles. The Morgan fingerprint density at radius 1 is 1.35 bits per heavy atom. The first-order valence-corrected chi connectivity index (χ1v) is 7.01. The quantitative estimate of drug-likeness (QED) is 0.837. The number of hydrogen-bond donors (Lipinski definition) is 2. The summed E-state index contributed by atoms with van der Waals surface area (Å²) in [5.74, 6) is -1.22. The van der Waals surface area contributed by atoms with Gasteiger partial charge in [-0.3, -0.25) is 4.79 Å². The monoisotopic (exact) mass is 282 g/mol. The minimum absolute atomic E-state index is 0.328. The SMILES string of the molecule is CC1CCCCC1CNC(=O)c1cc(F)cc(N)c1F. The third-order valence-corrected chi connectivity index (χ3v) is 4.12. The lowest BCUT2D eigenvalue weighted by atomic mass is 9.80. The Kier molecular flexibility index (Phi) is 4.57. The number of carbonyl (C=O) groups excluding carboxylic acids is 1. The minimum Gasteiger partial charge on any atom is -0.396 e. The Hall–Kier alpha value is -1.65. The molecule has 3 nitrogen and oxygen atoms in total. The number of halogens is 2. The maximum Gasteiger partial charge on any atom is 0.254 e. The zero-order valence-electron chi connectivity index (χ0n) is 11.6. The normalized spacial score (nSPS) is 22.6. The predicted octanol–water partition coefficient (Wildman–Crippen LogP) is 3.10. The number of anilines is 1. The first kappa shape index (κ1) is 14.8. The van der Waals surface area contributed by atoms with Gasteiger partial charge in [0.05, 0.1) is 11.3 Å². The molecule has 0 saturated heterocycles. The van der Waals surface area contributed by atoms with Gasteiger partial charge >= 0.3 is 0 Å². The number of rotatable bonds is 3. The van der Waals surface area contributed by atoms with Crippen LogP contribution in [0.4, 0.5) is 14.5 Å². The van der Waals surface area contributed by atoms with Crippen LogP contribution in [-0.2, 0) is 0 Å². The number of nitrogen functional groups attached to an aromatic ring is 1. The molecule has 5 heteroatoms. The van der Waals surface area contributed by atoms with Gasteiger partial charge in [0.15, 0.2) is 5.82 Å². The van der Waals surface area contributed by atoms with Crippen LogP contribution in [0.3, 0.4) is 0 Å². The third-order valence-electron chi connectivity index (χ3n) is 4.12. The molecule has 1 fully saturated rings. The fraction of sp³-hybridized carbons (Fsp3) is 0.533. The average molecular weight is 282 g/mol. The lowest BCUT2D eigenvalue weighted by molar-refractivity contribution is 0.0932. The summed E-state index contributed by atoms with van der Waals surface area (Å²) in [5, 5.41) is 2.69. The van der Waals surface area contributed by atoms with E-state index in [1.807, 2.05) is 0 Å². The van der Waals surface area contributed by atoms with Gasteiger partial charge in [0.25, 0.3) is 5.91 Å². The van der Waals surface area contributed by atoms with E-state index in [-0.39, 0.29) is 11.3 Å². The summed E-state index contributed by atoms with van der Waals surface area (Å²) >= 11 is 0. The topological polar surface area (TPSA) is 55.1 Å². The molecule has 3 N–H and O–H groups in total. The van der Waals surface area contributed by atoms with Crippen molar-refractivity contribution in [2.75, 3.05) is 12.3 Å². The van der Waals surface area contributed by atoms with Crippen molar-refractivity contribution in [3.05, 3.63) is 29.3 Å². The Morgan fingerprint density at radius 3 is 2.75 bits per heavy atom. The first-order valence-electron chi connectivity index (χ1n) is 7.01. The molecule has 0 aromatic heterocycles. The number of amides is 1. The Morgan fingerprint density at radius 2 is 2.05 bits per heavy atom. The van der Waals surface area contributed by atoms with Gasteiger partial charge < -0.3 is 11.1 Å². The molecule has 2 atom stereocenters. The van der Waals surface area contributed by atoms with E-state index in [0.717, 1.165) is 31.4 Å². The number of benzene rings is 1. The molecule has 1 aliphatic carbocycles. The van der Waals surface area contributed by atoms with Gasteiger partial charge in [-0.05, 0) is 30.4 Å². The van der Waals surface area contributed by atoms with Crippen LogP contribution in [0.25, 0.3) is 0 Å². The second kappa shape index (κ2) is 6.20. The Balaban J connectivity index is 2.01. The van der Waals surface area contributed by atoms with E-state index >= 15 is 0 Å². The average Bonchev–Trinajstić information content (AvgIpc) is 2.41. The molecule has 0 bridgehead atoms. The number of nitrogens with two attached hydrogens (primary N) is 1. The van der Waals surface area contributed by atoms with E-state index in [2.05, 4.69) is 12.2 Å². The largest absolute Gasteiger partial charge is 0.396 e. The summed E-state index contributed by atoms with van der Waals surface area (Å²) in [5.41, 5.74) is 4.65. The second-order valence-electron chi connectivity index (χ2n) is 5.59. The van der Waals surface area contributed by atoms with Gasteiger partial charge in [0.1, 0.15) is 5.82 Å². The van der Waals surface area contributed by atoms with Gasteiger partial charge in [-0.25, -0.2) is 8.78 Å². The lowest BCUT2D eigenvalue weighted by Crippen LogP contribution is -2.34. The molecule has 1 aromatic rings. The third kappa shape index (κ3) is 3.26. The zero-order chi connectivity index (χ0) is 14.7. The van der Waals surface area contributed by atoms with E-state index in [9.17, 15) is 13.6 Å². The van der Waals surface area contributed by atoms with E-state index in [0.29, 0.717) is 18.4 Å². The van der Waals surface area contributed by atoms with Crippen molar-refractivity contribution >= 4 is 11.6 Å². The fourth-order valence-corrected chi connectivity index (χ4v) is 2.79. The van der Waals surface area contributed by atoms with Crippen LogP contribution in [0, 0.1) is 23.5 Å². The van der Waals surface area contributed by atoms with Crippen LogP contribution in [-0.4, -0.2) is 12.5 Å². The van der Waals surface area contributed by atoms with Gasteiger partial charge in [-0.15, -0.1) is 0 Å². The van der Waals surface area contributed by atoms with Gasteiger partial charge in [0, 0.05) is 6.54 Å². The maximum absolute atomic E-state index is 13.7. The summed E-state index contributed by atoms with van der Waals surface area (Å²) in [6.45, 7) is 2.66. The molecule has 110 valence electrons. The van der Waals surface area contributed by atoms with Crippen molar-refractivity contribution in [3.63, 3.8) is 0 Å². The minimum atomic E-state index is -0.861. The van der Waals surface area contributed by atoms with E-state index in [1.165, 1.54) is 6.42 Å². The van der Waals surface area contributed by atoms with Crippen molar-refractivity contribution in [2.45, 2.75) is 32.6 Å². The maximum atomic E-state index is 13.7. The summed E-state index contributed by atoms with van der Waals surface area (Å²) < 4.78 is 26.9. The van der Waals surface area contributed by atoms with Crippen molar-refractivity contribution in [1.82, 2.24) is 5.32 Å². The van der Waals surface area contributed by atoms with Crippen LogP contribution in [0.2, 0.25) is 0 Å². The summed E-state index contributed by atoms with van der Waals surface area (Å²) in [4.78, 5) is 11.9. The molecule has 20 heavy (non-hydrogen) atoms. The lowest BCUT2D eigenvalue weighted by Gasteiger charge is -2.28. The first-order chi connectivity index (χ1) is 9.49. The van der Waals surface area contributed by atoms with Crippen molar-refractivity contribution in [2.24, 2.45) is 11.8 Å². The van der Waals surface area contributed by atoms with Crippen LogP contribution >= 0.6 is 0 Å². The molecule has 1 saturated carbocycles. The Bertz CT molecular complexity index is 505. The molecule has 0 spiro atoms. The van der Waals surface area contributed by atoms with Crippen LogP contribution in [0.1, 0.15) is 43.0 Å². The molecule has 0 aliphatic heterocycles. The van der Waals surface area contributed by atoms with Crippen LogP contribution in [0.5, 0.6) is 0 Å². The highest BCUT2D eigenvalue weighted by Crippen LogP contribution is 2.29.